The molecule has 0 unspecified atom stereocenters. The van der Waals surface area contributed by atoms with Crippen LogP contribution >= 0.6 is 12.2 Å². The van der Waals surface area contributed by atoms with Crippen molar-refractivity contribution in [1.29, 1.82) is 0 Å². The summed E-state index contributed by atoms with van der Waals surface area (Å²) in [7, 11) is 2.62. The molecule has 0 bridgehead atoms. The number of aromatic nitrogens is 1. The summed E-state index contributed by atoms with van der Waals surface area (Å²) in [5.74, 6) is 0.795. The first-order valence-electron chi connectivity index (χ1n) is 3.00. The van der Waals surface area contributed by atoms with Crippen molar-refractivity contribution in [2.24, 2.45) is 0 Å². The third-order valence-electron chi connectivity index (χ3n) is 0.991. The van der Waals surface area contributed by atoms with Crippen molar-refractivity contribution >= 4 is 12.2 Å². The summed E-state index contributed by atoms with van der Waals surface area (Å²) < 4.78 is 5.61. The van der Waals surface area contributed by atoms with Gasteiger partial charge >= 0.3 is 0 Å². The third-order valence-corrected chi connectivity index (χ3v) is 1.25. The standard InChI is InChI=1S/C6H7NOS.CH4O/c1-8-5-2-3-6(9)7-4-5;1-2/h2-4H,1H3,(H,7,9);2H,1H3. The zero-order chi connectivity index (χ0) is 8.69. The number of nitrogens with one attached hydrogen (secondary N) is 1. The molecule has 0 fully saturated rings. The van der Waals surface area contributed by atoms with E-state index in [1.165, 1.54) is 0 Å². The summed E-state index contributed by atoms with van der Waals surface area (Å²) in [6.07, 6.45) is 1.72. The van der Waals surface area contributed by atoms with Crippen LogP contribution in [0.2, 0.25) is 0 Å². The van der Waals surface area contributed by atoms with Crippen LogP contribution in [0.1, 0.15) is 0 Å². The topological polar surface area (TPSA) is 45.2 Å². The first-order chi connectivity index (χ1) is 5.33. The molecule has 0 aliphatic rings. The second kappa shape index (κ2) is 5.88. The lowest BCUT2D eigenvalue weighted by atomic mass is 10.5. The van der Waals surface area contributed by atoms with E-state index < -0.39 is 0 Å². The van der Waals surface area contributed by atoms with Crippen LogP contribution in [0.5, 0.6) is 5.75 Å². The second-order valence-electron chi connectivity index (χ2n) is 1.59. The fraction of sp³-hybridized carbons (Fsp3) is 0.286. The van der Waals surface area contributed by atoms with Crippen LogP contribution in [0, 0.1) is 4.64 Å². The lowest BCUT2D eigenvalue weighted by Gasteiger charge is -1.94. The average molecular weight is 173 g/mol. The molecular weight excluding hydrogens is 162 g/mol. The molecule has 1 aromatic rings. The minimum Gasteiger partial charge on any atom is -0.495 e. The van der Waals surface area contributed by atoms with E-state index in [2.05, 4.69) is 4.98 Å². The normalized spacial score (nSPS) is 7.91. The van der Waals surface area contributed by atoms with Crippen molar-refractivity contribution in [3.05, 3.63) is 23.0 Å². The van der Waals surface area contributed by atoms with E-state index in [1.54, 1.807) is 19.4 Å². The quantitative estimate of drug-likeness (QED) is 0.630. The highest BCUT2D eigenvalue weighted by molar-refractivity contribution is 7.71. The lowest BCUT2D eigenvalue weighted by Crippen LogP contribution is -1.82. The smallest absolute Gasteiger partial charge is 0.134 e. The Labute approximate surface area is 70.7 Å². The molecule has 0 aliphatic heterocycles. The molecule has 11 heavy (non-hydrogen) atoms. The minimum absolute atomic E-state index is 0.718. The number of aliphatic hydroxyl groups is 1. The van der Waals surface area contributed by atoms with Crippen molar-refractivity contribution < 1.29 is 9.84 Å². The van der Waals surface area contributed by atoms with Crippen LogP contribution in [0.15, 0.2) is 18.3 Å². The van der Waals surface area contributed by atoms with Crippen molar-refractivity contribution in [3.8, 4) is 5.75 Å². The molecule has 3 nitrogen and oxygen atoms in total. The molecule has 0 radical (unpaired) electrons. The first kappa shape index (κ1) is 10.1. The summed E-state index contributed by atoms with van der Waals surface area (Å²) in [6.45, 7) is 0. The zero-order valence-corrected chi connectivity index (χ0v) is 7.31. The van der Waals surface area contributed by atoms with Crippen molar-refractivity contribution in [2.45, 2.75) is 0 Å². The van der Waals surface area contributed by atoms with E-state index >= 15 is 0 Å². The summed E-state index contributed by atoms with van der Waals surface area (Å²) in [5.41, 5.74) is 0. The lowest BCUT2D eigenvalue weighted by molar-refractivity contribution is 0.399. The first-order valence-corrected chi connectivity index (χ1v) is 3.41. The Hall–Kier alpha value is -0.870. The number of rotatable bonds is 1. The van der Waals surface area contributed by atoms with Crippen molar-refractivity contribution in [1.82, 2.24) is 4.98 Å². The van der Waals surface area contributed by atoms with Gasteiger partial charge in [-0.25, -0.2) is 0 Å². The van der Waals surface area contributed by atoms with Crippen LogP contribution in [0.25, 0.3) is 0 Å². The number of aromatic amines is 1. The maximum atomic E-state index is 7.00. The molecule has 0 atom stereocenters. The highest BCUT2D eigenvalue weighted by atomic mass is 32.1. The van der Waals surface area contributed by atoms with Crippen molar-refractivity contribution in [3.63, 3.8) is 0 Å². The van der Waals surface area contributed by atoms with Crippen LogP contribution in [-0.2, 0) is 0 Å². The highest BCUT2D eigenvalue weighted by Gasteiger charge is 1.83. The Morgan fingerprint density at radius 2 is 2.09 bits per heavy atom. The van der Waals surface area contributed by atoms with Crippen molar-refractivity contribution in [2.75, 3.05) is 14.2 Å². The number of ether oxygens (including phenoxy) is 1. The second-order valence-corrected chi connectivity index (χ2v) is 2.03. The van der Waals surface area contributed by atoms with Gasteiger partial charge in [0.25, 0.3) is 0 Å². The van der Waals surface area contributed by atoms with Crippen LogP contribution in [-0.4, -0.2) is 24.3 Å². The molecule has 0 saturated heterocycles. The average Bonchev–Trinajstić information content (AvgIpc) is 2.10. The van der Waals surface area contributed by atoms with Crippen LogP contribution in [0.3, 0.4) is 0 Å². The van der Waals surface area contributed by atoms with E-state index in [-0.39, 0.29) is 0 Å². The van der Waals surface area contributed by atoms with Gasteiger partial charge in [0, 0.05) is 13.3 Å². The molecule has 0 aromatic carbocycles. The van der Waals surface area contributed by atoms with E-state index in [4.69, 9.17) is 22.1 Å². The predicted octanol–water partition coefficient (Wildman–Crippen LogP) is 1.36. The number of hydrogen-bond donors (Lipinski definition) is 2. The minimum atomic E-state index is 0.718. The van der Waals surface area contributed by atoms with Gasteiger partial charge in [0.1, 0.15) is 10.4 Å². The third kappa shape index (κ3) is 3.75. The van der Waals surface area contributed by atoms with Crippen LogP contribution < -0.4 is 4.74 Å². The van der Waals surface area contributed by atoms with Gasteiger partial charge < -0.3 is 14.8 Å². The van der Waals surface area contributed by atoms with Gasteiger partial charge in [-0.3, -0.25) is 0 Å². The SMILES string of the molecule is CO.COc1ccc(=S)[nH]c1. The molecule has 0 aliphatic carbocycles. The number of pyridine rings is 1. The Morgan fingerprint density at radius 1 is 1.45 bits per heavy atom. The van der Waals surface area contributed by atoms with Gasteiger partial charge in [-0.1, -0.05) is 12.2 Å². The monoisotopic (exact) mass is 173 g/mol. The molecule has 1 heterocycles. The molecule has 0 amide bonds. The highest BCUT2D eigenvalue weighted by Crippen LogP contribution is 2.04. The molecule has 1 rings (SSSR count). The number of methoxy groups -OCH3 is 1. The number of hydrogen-bond acceptors (Lipinski definition) is 3. The summed E-state index contributed by atoms with van der Waals surface area (Å²) in [5, 5.41) is 7.00. The zero-order valence-electron chi connectivity index (χ0n) is 6.50. The molecule has 0 saturated carbocycles. The largest absolute Gasteiger partial charge is 0.495 e. The molecule has 4 heteroatoms. The van der Waals surface area contributed by atoms with Gasteiger partial charge in [-0.2, -0.15) is 0 Å². The van der Waals surface area contributed by atoms with E-state index in [0.717, 1.165) is 17.5 Å². The predicted molar refractivity (Wildman–Crippen MR) is 46.3 cm³/mol. The summed E-state index contributed by atoms with van der Waals surface area (Å²) >= 11 is 4.81. The summed E-state index contributed by atoms with van der Waals surface area (Å²) in [6, 6.07) is 3.60. The van der Waals surface area contributed by atoms with Gasteiger partial charge in [-0.15, -0.1) is 0 Å². The molecule has 0 spiro atoms. The Balaban J connectivity index is 0.000000461. The Morgan fingerprint density at radius 3 is 2.45 bits per heavy atom. The number of aliphatic hydroxyl groups excluding tert-OH is 1. The van der Waals surface area contributed by atoms with E-state index in [9.17, 15) is 0 Å². The molecule has 62 valence electrons. The van der Waals surface area contributed by atoms with Gasteiger partial charge in [-0.05, 0) is 12.1 Å². The van der Waals surface area contributed by atoms with Crippen LogP contribution in [0.4, 0.5) is 0 Å². The Kier molecular flexibility index (Phi) is 5.42. The maximum Gasteiger partial charge on any atom is 0.134 e. The van der Waals surface area contributed by atoms with Gasteiger partial charge in [0.2, 0.25) is 0 Å². The molecule has 1 aromatic heterocycles. The summed E-state index contributed by atoms with van der Waals surface area (Å²) in [4.78, 5) is 2.84. The van der Waals surface area contributed by atoms with Gasteiger partial charge in [0.15, 0.2) is 0 Å². The fourth-order valence-corrected chi connectivity index (χ4v) is 0.650. The maximum absolute atomic E-state index is 7.00. The molecular formula is C7H11NO2S. The van der Waals surface area contributed by atoms with E-state index in [1.807, 2.05) is 6.07 Å². The van der Waals surface area contributed by atoms with Gasteiger partial charge in [0.05, 0.1) is 7.11 Å². The Bertz CT molecular complexity index is 226. The molecule has 2 N–H and O–H groups in total. The van der Waals surface area contributed by atoms with E-state index in [0.29, 0.717) is 0 Å². The number of H-pyrrole nitrogens is 1. The fourth-order valence-electron chi connectivity index (χ4n) is 0.523.